The Morgan fingerprint density at radius 3 is 1.89 bits per heavy atom. The normalized spacial score (nSPS) is 11.3. The molecule has 4 nitrogen and oxygen atoms in total. The van der Waals surface area contributed by atoms with Gasteiger partial charge in [0.1, 0.15) is 0 Å². The average Bonchev–Trinajstić information content (AvgIpc) is 2.63. The van der Waals surface area contributed by atoms with Crippen molar-refractivity contribution in [1.29, 1.82) is 0 Å². The van der Waals surface area contributed by atoms with Crippen LogP contribution in [0.1, 0.15) is 21.5 Å². The first-order valence-electron chi connectivity index (χ1n) is 8.38. The van der Waals surface area contributed by atoms with Crippen LogP contribution in [0.3, 0.4) is 0 Å². The molecule has 0 N–H and O–H groups in total. The second kappa shape index (κ2) is 7.95. The molecule has 1 amide bonds. The third-order valence-electron chi connectivity index (χ3n) is 4.17. The number of halogens is 2. The summed E-state index contributed by atoms with van der Waals surface area (Å²) in [5, 5.41) is 0.429. The number of hydrogen-bond donors (Lipinski definition) is 0. The van der Waals surface area contributed by atoms with E-state index in [0.717, 1.165) is 15.4 Å². The number of rotatable bonds is 4. The Kier molecular flexibility index (Phi) is 5.79. The van der Waals surface area contributed by atoms with Crippen molar-refractivity contribution >= 4 is 44.8 Å². The third-order valence-corrected chi connectivity index (χ3v) is 6.45. The van der Waals surface area contributed by atoms with E-state index in [2.05, 4.69) is 0 Å². The van der Waals surface area contributed by atoms with Gasteiger partial charge in [-0.15, -0.1) is 0 Å². The lowest BCUT2D eigenvalue weighted by Gasteiger charge is -2.23. The lowest BCUT2D eigenvalue weighted by Crippen LogP contribution is -2.37. The van der Waals surface area contributed by atoms with Gasteiger partial charge in [-0.25, -0.2) is 8.42 Å². The number of nitrogens with zero attached hydrogens (tertiary/aromatic N) is 1. The molecule has 0 bridgehead atoms. The number of benzene rings is 3. The Morgan fingerprint density at radius 1 is 0.821 bits per heavy atom. The Bertz CT molecular complexity index is 1130. The quantitative estimate of drug-likeness (QED) is 0.534. The van der Waals surface area contributed by atoms with Crippen LogP contribution in [0.25, 0.3) is 0 Å². The number of hydrogen-bond acceptors (Lipinski definition) is 3. The molecule has 7 heteroatoms. The zero-order valence-corrected chi connectivity index (χ0v) is 17.5. The topological polar surface area (TPSA) is 54.5 Å². The van der Waals surface area contributed by atoms with Gasteiger partial charge in [0.25, 0.3) is 15.9 Å². The van der Waals surface area contributed by atoms with Crippen molar-refractivity contribution in [2.45, 2.75) is 18.7 Å². The second-order valence-corrected chi connectivity index (χ2v) is 8.98. The Morgan fingerprint density at radius 2 is 1.36 bits per heavy atom. The molecule has 28 heavy (non-hydrogen) atoms. The van der Waals surface area contributed by atoms with Crippen LogP contribution in [0.2, 0.25) is 10.0 Å². The first-order valence-corrected chi connectivity index (χ1v) is 10.6. The van der Waals surface area contributed by atoms with Gasteiger partial charge in [0, 0.05) is 5.02 Å². The summed E-state index contributed by atoms with van der Waals surface area (Å²) in [6.07, 6.45) is 0. The molecule has 0 unspecified atom stereocenters. The summed E-state index contributed by atoms with van der Waals surface area (Å²) in [6, 6.07) is 17.3. The minimum Gasteiger partial charge on any atom is -0.268 e. The Balaban J connectivity index is 2.18. The van der Waals surface area contributed by atoms with E-state index >= 15 is 0 Å². The standard InChI is InChI=1S/C21H17Cl2NO3S/c1-14-3-8-17(9-4-14)24(21(25)19-12-7-16(22)13-20(19)23)28(26,27)18-10-5-15(2)6-11-18/h3-13H,1-2H3. The van der Waals surface area contributed by atoms with E-state index in [0.29, 0.717) is 5.02 Å². The molecule has 144 valence electrons. The molecular formula is C21H17Cl2NO3S. The predicted octanol–water partition coefficient (Wildman–Crippen LogP) is 5.65. The average molecular weight is 434 g/mol. The Labute approximate surface area is 174 Å². The molecule has 3 aromatic rings. The van der Waals surface area contributed by atoms with Crippen molar-refractivity contribution in [1.82, 2.24) is 0 Å². The van der Waals surface area contributed by atoms with Gasteiger partial charge in [-0.2, -0.15) is 4.31 Å². The van der Waals surface area contributed by atoms with Gasteiger partial charge in [0.2, 0.25) is 0 Å². The summed E-state index contributed by atoms with van der Waals surface area (Å²) < 4.78 is 27.5. The van der Waals surface area contributed by atoms with Gasteiger partial charge in [-0.3, -0.25) is 4.79 Å². The van der Waals surface area contributed by atoms with E-state index in [1.807, 2.05) is 13.8 Å². The lowest BCUT2D eigenvalue weighted by molar-refractivity contribution is 0.101. The molecule has 3 aromatic carbocycles. The highest BCUT2D eigenvalue weighted by Crippen LogP contribution is 2.29. The highest BCUT2D eigenvalue weighted by Gasteiger charge is 2.32. The van der Waals surface area contributed by atoms with Gasteiger partial charge >= 0.3 is 0 Å². The summed E-state index contributed by atoms with van der Waals surface area (Å²) >= 11 is 12.1. The monoisotopic (exact) mass is 433 g/mol. The van der Waals surface area contributed by atoms with E-state index in [1.54, 1.807) is 36.4 Å². The minimum absolute atomic E-state index is 0.0112. The van der Waals surface area contributed by atoms with Gasteiger partial charge in [-0.05, 0) is 56.3 Å². The molecule has 3 rings (SSSR count). The number of carbonyl (C=O) groups excluding carboxylic acids is 1. The first kappa shape index (κ1) is 20.4. The number of sulfonamides is 1. The Hall–Kier alpha value is -2.34. The highest BCUT2D eigenvalue weighted by atomic mass is 35.5. The van der Waals surface area contributed by atoms with Gasteiger partial charge in [-0.1, -0.05) is 58.6 Å². The van der Waals surface area contributed by atoms with Gasteiger partial charge in [0.15, 0.2) is 0 Å². The maximum Gasteiger partial charge on any atom is 0.273 e. The lowest BCUT2D eigenvalue weighted by atomic mass is 10.2. The summed E-state index contributed by atoms with van der Waals surface area (Å²) in [7, 11) is -4.17. The van der Waals surface area contributed by atoms with Gasteiger partial charge < -0.3 is 0 Å². The molecule has 0 aromatic heterocycles. The zero-order valence-electron chi connectivity index (χ0n) is 15.2. The molecule has 0 saturated carbocycles. The summed E-state index contributed by atoms with van der Waals surface area (Å²) in [4.78, 5) is 13.3. The smallest absolute Gasteiger partial charge is 0.268 e. The van der Waals surface area contributed by atoms with Crippen LogP contribution in [0.4, 0.5) is 5.69 Å². The SMILES string of the molecule is Cc1ccc(N(C(=O)c2ccc(Cl)cc2Cl)S(=O)(=O)c2ccc(C)cc2)cc1. The number of aryl methyl sites for hydroxylation is 2. The molecule has 0 spiro atoms. The van der Waals surface area contributed by atoms with Crippen LogP contribution >= 0.6 is 23.2 Å². The maximum absolute atomic E-state index is 13.4. The third kappa shape index (κ3) is 4.07. The first-order chi connectivity index (χ1) is 13.2. The van der Waals surface area contributed by atoms with E-state index in [4.69, 9.17) is 23.2 Å². The predicted molar refractivity (Wildman–Crippen MR) is 113 cm³/mol. The zero-order chi connectivity index (χ0) is 20.5. The van der Waals surface area contributed by atoms with Crippen molar-refractivity contribution in [3.63, 3.8) is 0 Å². The summed E-state index contributed by atoms with van der Waals surface area (Å²) in [5.74, 6) is -0.758. The van der Waals surface area contributed by atoms with Crippen LogP contribution in [0.5, 0.6) is 0 Å². The maximum atomic E-state index is 13.4. The van der Waals surface area contributed by atoms with Crippen molar-refractivity contribution in [3.8, 4) is 0 Å². The van der Waals surface area contributed by atoms with E-state index in [-0.39, 0.29) is 21.2 Å². The second-order valence-electron chi connectivity index (χ2n) is 6.35. The number of amides is 1. The minimum atomic E-state index is -4.17. The molecule has 0 fully saturated rings. The molecule has 0 saturated heterocycles. The molecule has 0 aliphatic heterocycles. The summed E-state index contributed by atoms with van der Waals surface area (Å²) in [6.45, 7) is 3.73. The van der Waals surface area contributed by atoms with Crippen LogP contribution in [0.15, 0.2) is 71.6 Å². The van der Waals surface area contributed by atoms with Crippen molar-refractivity contribution in [3.05, 3.63) is 93.5 Å². The molecule has 0 atom stereocenters. The fraction of sp³-hybridized carbons (Fsp3) is 0.0952. The highest BCUT2D eigenvalue weighted by molar-refractivity contribution is 7.93. The number of anilines is 1. The molecule has 0 radical (unpaired) electrons. The van der Waals surface area contributed by atoms with Crippen LogP contribution in [-0.4, -0.2) is 14.3 Å². The van der Waals surface area contributed by atoms with Crippen LogP contribution in [-0.2, 0) is 10.0 Å². The molecule has 0 heterocycles. The van der Waals surface area contributed by atoms with Crippen LogP contribution < -0.4 is 4.31 Å². The fourth-order valence-electron chi connectivity index (χ4n) is 2.63. The van der Waals surface area contributed by atoms with Crippen molar-refractivity contribution < 1.29 is 13.2 Å². The largest absolute Gasteiger partial charge is 0.273 e. The molecule has 0 aliphatic carbocycles. The van der Waals surface area contributed by atoms with Crippen molar-refractivity contribution in [2.75, 3.05) is 4.31 Å². The van der Waals surface area contributed by atoms with E-state index in [9.17, 15) is 13.2 Å². The fourth-order valence-corrected chi connectivity index (χ4v) is 4.53. The summed E-state index contributed by atoms with van der Waals surface area (Å²) in [5.41, 5.74) is 2.12. The van der Waals surface area contributed by atoms with Crippen LogP contribution in [0, 0.1) is 13.8 Å². The van der Waals surface area contributed by atoms with E-state index in [1.165, 1.54) is 30.3 Å². The number of carbonyl (C=O) groups is 1. The molecular weight excluding hydrogens is 417 g/mol. The van der Waals surface area contributed by atoms with Crippen molar-refractivity contribution in [2.24, 2.45) is 0 Å². The molecule has 0 aliphatic rings. The van der Waals surface area contributed by atoms with Gasteiger partial charge in [0.05, 0.1) is 21.2 Å². The van der Waals surface area contributed by atoms with E-state index < -0.39 is 15.9 Å².